The summed E-state index contributed by atoms with van der Waals surface area (Å²) in [7, 11) is 0. The summed E-state index contributed by atoms with van der Waals surface area (Å²) in [6.07, 6.45) is 5.22. The van der Waals surface area contributed by atoms with Crippen LogP contribution in [0, 0.1) is 0 Å². The van der Waals surface area contributed by atoms with Gasteiger partial charge in [0.2, 0.25) is 0 Å². The van der Waals surface area contributed by atoms with Crippen LogP contribution >= 0.6 is 23.2 Å². The van der Waals surface area contributed by atoms with Crippen molar-refractivity contribution in [3.8, 4) is 11.4 Å². The first-order chi connectivity index (χ1) is 12.1. The van der Waals surface area contributed by atoms with E-state index in [4.69, 9.17) is 34.8 Å². The third-order valence-electron chi connectivity index (χ3n) is 3.52. The second-order valence-electron chi connectivity index (χ2n) is 5.20. The SMILES string of the molecule is NN/N=C(\N)c1ccnc(-c2cn(Cc3cccc(Cl)c3Cl)cn2)c1. The second kappa shape index (κ2) is 7.52. The van der Waals surface area contributed by atoms with E-state index in [-0.39, 0.29) is 5.84 Å². The summed E-state index contributed by atoms with van der Waals surface area (Å²) in [6.45, 7) is 0.548. The highest BCUT2D eigenvalue weighted by molar-refractivity contribution is 6.42. The number of nitrogens with zero attached hydrogens (tertiary/aromatic N) is 4. The highest BCUT2D eigenvalue weighted by atomic mass is 35.5. The predicted octanol–water partition coefficient (Wildman–Crippen LogP) is 2.38. The predicted molar refractivity (Wildman–Crippen MR) is 99.1 cm³/mol. The molecule has 25 heavy (non-hydrogen) atoms. The molecule has 0 atom stereocenters. The van der Waals surface area contributed by atoms with Gasteiger partial charge in [-0.2, -0.15) is 0 Å². The Bertz CT molecular complexity index is 920. The van der Waals surface area contributed by atoms with Crippen LogP contribution in [-0.4, -0.2) is 20.4 Å². The molecule has 0 bridgehead atoms. The van der Waals surface area contributed by atoms with Gasteiger partial charge in [-0.1, -0.05) is 35.3 Å². The Labute approximate surface area is 154 Å². The number of imidazole rings is 1. The number of rotatable bonds is 5. The lowest BCUT2D eigenvalue weighted by Crippen LogP contribution is -2.23. The molecule has 0 aliphatic rings. The quantitative estimate of drug-likeness (QED) is 0.274. The molecule has 0 unspecified atom stereocenters. The van der Waals surface area contributed by atoms with Crippen molar-refractivity contribution in [2.24, 2.45) is 16.7 Å². The van der Waals surface area contributed by atoms with Crippen LogP contribution in [0.3, 0.4) is 0 Å². The zero-order valence-electron chi connectivity index (χ0n) is 13.0. The maximum absolute atomic E-state index is 6.23. The summed E-state index contributed by atoms with van der Waals surface area (Å²) in [4.78, 5) is 8.70. The van der Waals surface area contributed by atoms with E-state index in [2.05, 4.69) is 20.6 Å². The number of halogens is 2. The smallest absolute Gasteiger partial charge is 0.152 e. The Balaban J connectivity index is 1.85. The van der Waals surface area contributed by atoms with Gasteiger partial charge in [0.1, 0.15) is 5.69 Å². The standard InChI is InChI=1S/C16H15Cl2N7/c17-12-3-1-2-11(15(12)18)7-25-8-14(22-9-25)13-6-10(4-5-21-13)16(19)23-24-20/h1-6,8-9,24H,7,20H2,(H2,19,23). The molecule has 9 heteroatoms. The van der Waals surface area contributed by atoms with Gasteiger partial charge >= 0.3 is 0 Å². The Morgan fingerprint density at radius 1 is 1.20 bits per heavy atom. The molecular weight excluding hydrogens is 361 g/mol. The van der Waals surface area contributed by atoms with Crippen LogP contribution in [-0.2, 0) is 6.54 Å². The number of hydrogen-bond acceptors (Lipinski definition) is 5. The molecule has 0 aliphatic heterocycles. The van der Waals surface area contributed by atoms with Gasteiger partial charge in [0.25, 0.3) is 0 Å². The normalized spacial score (nSPS) is 11.6. The van der Waals surface area contributed by atoms with Crippen molar-refractivity contribution in [1.29, 1.82) is 0 Å². The number of amidine groups is 1. The number of nitrogens with one attached hydrogen (secondary N) is 1. The summed E-state index contributed by atoms with van der Waals surface area (Å²) >= 11 is 12.3. The first kappa shape index (κ1) is 17.2. The minimum absolute atomic E-state index is 0.260. The first-order valence-electron chi connectivity index (χ1n) is 7.28. The first-order valence-corrected chi connectivity index (χ1v) is 8.04. The maximum atomic E-state index is 6.23. The van der Waals surface area contributed by atoms with Gasteiger partial charge in [-0.25, -0.2) is 16.4 Å². The van der Waals surface area contributed by atoms with Gasteiger partial charge in [0.05, 0.1) is 28.6 Å². The lowest BCUT2D eigenvalue weighted by molar-refractivity contribution is 0.798. The van der Waals surface area contributed by atoms with Gasteiger partial charge in [-0.3, -0.25) is 4.98 Å². The van der Waals surface area contributed by atoms with Crippen molar-refractivity contribution in [3.05, 3.63) is 70.2 Å². The van der Waals surface area contributed by atoms with E-state index < -0.39 is 0 Å². The van der Waals surface area contributed by atoms with Crippen LogP contribution in [0.1, 0.15) is 11.1 Å². The van der Waals surface area contributed by atoms with E-state index in [1.807, 2.05) is 22.9 Å². The fourth-order valence-corrected chi connectivity index (χ4v) is 2.69. The number of hydrazone groups is 1. The summed E-state index contributed by atoms with van der Waals surface area (Å²) in [5, 5.41) is 4.82. The molecule has 128 valence electrons. The molecule has 2 aromatic heterocycles. The van der Waals surface area contributed by atoms with Crippen LogP contribution in [0.4, 0.5) is 0 Å². The number of hydrogen-bond donors (Lipinski definition) is 3. The largest absolute Gasteiger partial charge is 0.382 e. The van der Waals surface area contributed by atoms with Crippen LogP contribution in [0.2, 0.25) is 10.0 Å². The van der Waals surface area contributed by atoms with E-state index in [0.29, 0.717) is 33.5 Å². The van der Waals surface area contributed by atoms with Crippen molar-refractivity contribution in [2.75, 3.05) is 0 Å². The topological polar surface area (TPSA) is 107 Å². The average molecular weight is 376 g/mol. The minimum Gasteiger partial charge on any atom is -0.382 e. The molecule has 0 saturated heterocycles. The van der Waals surface area contributed by atoms with E-state index in [1.165, 1.54) is 0 Å². The summed E-state index contributed by atoms with van der Waals surface area (Å²) in [6, 6.07) is 9.06. The van der Waals surface area contributed by atoms with Gasteiger partial charge in [0, 0.05) is 18.0 Å². The highest BCUT2D eigenvalue weighted by Crippen LogP contribution is 2.26. The molecule has 3 rings (SSSR count). The number of pyridine rings is 1. The van der Waals surface area contributed by atoms with Gasteiger partial charge in [-0.05, 0) is 23.8 Å². The summed E-state index contributed by atoms with van der Waals surface area (Å²) < 4.78 is 1.90. The molecule has 3 aromatic rings. The molecule has 0 radical (unpaired) electrons. The Kier molecular flexibility index (Phi) is 5.18. The van der Waals surface area contributed by atoms with Crippen LogP contribution < -0.4 is 17.1 Å². The van der Waals surface area contributed by atoms with E-state index >= 15 is 0 Å². The molecule has 0 spiro atoms. The fourth-order valence-electron chi connectivity index (χ4n) is 2.31. The molecule has 1 aromatic carbocycles. The zero-order chi connectivity index (χ0) is 17.8. The third-order valence-corrected chi connectivity index (χ3v) is 4.38. The molecule has 5 N–H and O–H groups in total. The lowest BCUT2D eigenvalue weighted by atomic mass is 10.2. The number of nitrogens with two attached hydrogens (primary N) is 2. The van der Waals surface area contributed by atoms with Crippen molar-refractivity contribution in [1.82, 2.24) is 20.1 Å². The Morgan fingerprint density at radius 2 is 2.04 bits per heavy atom. The van der Waals surface area contributed by atoms with Gasteiger partial charge < -0.3 is 10.3 Å². The number of benzene rings is 1. The van der Waals surface area contributed by atoms with E-state index in [9.17, 15) is 0 Å². The van der Waals surface area contributed by atoms with Crippen molar-refractivity contribution in [3.63, 3.8) is 0 Å². The third kappa shape index (κ3) is 3.90. The van der Waals surface area contributed by atoms with Crippen molar-refractivity contribution < 1.29 is 0 Å². The molecule has 0 saturated carbocycles. The molecule has 7 nitrogen and oxygen atoms in total. The molecule has 0 amide bonds. The molecule has 0 fully saturated rings. The minimum atomic E-state index is 0.260. The van der Waals surface area contributed by atoms with Crippen LogP contribution in [0.15, 0.2) is 54.2 Å². The lowest BCUT2D eigenvalue weighted by Gasteiger charge is -2.06. The fraction of sp³-hybridized carbons (Fsp3) is 0.0625. The van der Waals surface area contributed by atoms with Gasteiger partial charge in [-0.15, -0.1) is 5.10 Å². The van der Waals surface area contributed by atoms with Crippen LogP contribution in [0.5, 0.6) is 0 Å². The van der Waals surface area contributed by atoms with Crippen molar-refractivity contribution >= 4 is 29.0 Å². The highest BCUT2D eigenvalue weighted by Gasteiger charge is 2.09. The van der Waals surface area contributed by atoms with Crippen molar-refractivity contribution in [2.45, 2.75) is 6.54 Å². The summed E-state index contributed by atoms with van der Waals surface area (Å²) in [5.41, 5.74) is 11.0. The Hall–Kier alpha value is -2.61. The Morgan fingerprint density at radius 3 is 2.84 bits per heavy atom. The van der Waals surface area contributed by atoms with E-state index in [0.717, 1.165) is 5.56 Å². The maximum Gasteiger partial charge on any atom is 0.152 e. The number of aromatic nitrogens is 3. The van der Waals surface area contributed by atoms with Gasteiger partial charge in [0.15, 0.2) is 5.84 Å². The molecular formula is C16H15Cl2N7. The molecule has 0 aliphatic carbocycles. The zero-order valence-corrected chi connectivity index (χ0v) is 14.5. The van der Waals surface area contributed by atoms with E-state index in [1.54, 1.807) is 30.7 Å². The molecule has 2 heterocycles. The number of hydrazine groups is 1. The summed E-state index contributed by atoms with van der Waals surface area (Å²) in [5.74, 6) is 5.41. The monoisotopic (exact) mass is 375 g/mol. The average Bonchev–Trinajstić information content (AvgIpc) is 3.08. The second-order valence-corrected chi connectivity index (χ2v) is 5.99. The van der Waals surface area contributed by atoms with Crippen LogP contribution in [0.25, 0.3) is 11.4 Å².